The number of rotatable bonds is 3. The smallest absolute Gasteiger partial charge is 0.356 e. The van der Waals surface area contributed by atoms with Crippen molar-refractivity contribution in [2.24, 2.45) is 5.92 Å². The Kier molecular flexibility index (Phi) is 3.23. The molecule has 1 aromatic rings. The number of aromatic nitrogens is 2. The lowest BCUT2D eigenvalue weighted by Crippen LogP contribution is -2.25. The molecule has 0 amide bonds. The van der Waals surface area contributed by atoms with E-state index in [2.05, 4.69) is 10.2 Å². The Morgan fingerprint density at radius 1 is 1.53 bits per heavy atom. The average Bonchev–Trinajstić information content (AvgIpc) is 2.78. The molecule has 0 saturated carbocycles. The molecule has 1 saturated heterocycles. The van der Waals surface area contributed by atoms with Gasteiger partial charge in [0.1, 0.15) is 0 Å². The van der Waals surface area contributed by atoms with Gasteiger partial charge in [-0.3, -0.25) is 0 Å². The van der Waals surface area contributed by atoms with Crippen molar-refractivity contribution >= 4 is 11.8 Å². The summed E-state index contributed by atoms with van der Waals surface area (Å²) in [5.41, 5.74) is -0.0555. The maximum Gasteiger partial charge on any atom is 0.356 e. The van der Waals surface area contributed by atoms with E-state index in [4.69, 9.17) is 5.11 Å². The van der Waals surface area contributed by atoms with Gasteiger partial charge in [-0.15, -0.1) is 10.2 Å². The number of aliphatic hydroxyl groups excluding tert-OH is 1. The highest BCUT2D eigenvalue weighted by Gasteiger charge is 2.27. The third-order valence-corrected chi connectivity index (χ3v) is 3.10. The fourth-order valence-corrected chi connectivity index (χ4v) is 2.00. The summed E-state index contributed by atoms with van der Waals surface area (Å²) in [6.07, 6.45) is 0.589. The highest BCUT2D eigenvalue weighted by molar-refractivity contribution is 5.85. The van der Waals surface area contributed by atoms with Gasteiger partial charge in [0, 0.05) is 19.0 Å². The zero-order valence-electron chi connectivity index (χ0n) is 9.58. The summed E-state index contributed by atoms with van der Waals surface area (Å²) in [4.78, 5) is 12.6. The molecule has 6 nitrogen and oxygen atoms in total. The standard InChI is InChI=1S/C11H15N3O3/c1-7(15)8-4-5-14(6-8)10-3-2-9(11(16)17)12-13-10/h2-3,7-8,15H,4-6H2,1H3,(H,16,17). The quantitative estimate of drug-likeness (QED) is 0.790. The molecule has 1 aromatic heterocycles. The van der Waals surface area contributed by atoms with E-state index in [1.54, 1.807) is 13.0 Å². The lowest BCUT2D eigenvalue weighted by atomic mass is 10.0. The van der Waals surface area contributed by atoms with E-state index in [1.807, 2.05) is 4.90 Å². The summed E-state index contributed by atoms with van der Waals surface area (Å²) < 4.78 is 0. The van der Waals surface area contributed by atoms with Crippen LogP contribution in [0.1, 0.15) is 23.8 Å². The van der Waals surface area contributed by atoms with Crippen molar-refractivity contribution in [3.8, 4) is 0 Å². The van der Waals surface area contributed by atoms with Crippen LogP contribution >= 0.6 is 0 Å². The molecular weight excluding hydrogens is 222 g/mol. The summed E-state index contributed by atoms with van der Waals surface area (Å²) >= 11 is 0. The predicted molar refractivity (Wildman–Crippen MR) is 61.0 cm³/mol. The first-order valence-corrected chi connectivity index (χ1v) is 5.58. The lowest BCUT2D eigenvalue weighted by molar-refractivity contribution is 0.0689. The van der Waals surface area contributed by atoms with Crippen LogP contribution in [0.2, 0.25) is 0 Å². The molecule has 17 heavy (non-hydrogen) atoms. The zero-order chi connectivity index (χ0) is 12.4. The second-order valence-electron chi connectivity index (χ2n) is 4.32. The van der Waals surface area contributed by atoms with Crippen molar-refractivity contribution in [3.63, 3.8) is 0 Å². The number of nitrogens with zero attached hydrogens (tertiary/aromatic N) is 3. The Hall–Kier alpha value is -1.69. The molecule has 92 valence electrons. The molecule has 2 heterocycles. The van der Waals surface area contributed by atoms with E-state index in [-0.39, 0.29) is 17.7 Å². The topological polar surface area (TPSA) is 86.5 Å². The van der Waals surface area contributed by atoms with Gasteiger partial charge in [-0.2, -0.15) is 0 Å². The molecule has 1 fully saturated rings. The zero-order valence-corrected chi connectivity index (χ0v) is 9.58. The minimum Gasteiger partial charge on any atom is -0.476 e. The number of carboxylic acids is 1. The Morgan fingerprint density at radius 2 is 2.29 bits per heavy atom. The predicted octanol–water partition coefficient (Wildman–Crippen LogP) is 0.382. The first kappa shape index (κ1) is 11.8. The normalized spacial score (nSPS) is 21.5. The highest BCUT2D eigenvalue weighted by Crippen LogP contribution is 2.23. The largest absolute Gasteiger partial charge is 0.476 e. The van der Waals surface area contributed by atoms with Crippen LogP contribution in [-0.4, -0.2) is 45.6 Å². The van der Waals surface area contributed by atoms with E-state index in [0.29, 0.717) is 5.82 Å². The number of carboxylic acid groups (broad SMARTS) is 1. The van der Waals surface area contributed by atoms with Crippen molar-refractivity contribution in [1.82, 2.24) is 10.2 Å². The number of aliphatic hydroxyl groups is 1. The van der Waals surface area contributed by atoms with Gasteiger partial charge in [0.05, 0.1) is 6.10 Å². The molecule has 0 radical (unpaired) electrons. The maximum absolute atomic E-state index is 10.6. The summed E-state index contributed by atoms with van der Waals surface area (Å²) in [5, 5.41) is 25.7. The number of hydrogen-bond donors (Lipinski definition) is 2. The Morgan fingerprint density at radius 3 is 2.76 bits per heavy atom. The molecular formula is C11H15N3O3. The minimum atomic E-state index is -1.08. The van der Waals surface area contributed by atoms with Gasteiger partial charge in [0.25, 0.3) is 0 Å². The van der Waals surface area contributed by atoms with Gasteiger partial charge < -0.3 is 15.1 Å². The Labute approximate surface area is 98.9 Å². The Balaban J connectivity index is 2.06. The minimum absolute atomic E-state index is 0.0555. The Bertz CT molecular complexity index is 405. The summed E-state index contributed by atoms with van der Waals surface area (Å²) in [7, 11) is 0. The van der Waals surface area contributed by atoms with Gasteiger partial charge in [-0.25, -0.2) is 4.79 Å². The van der Waals surface area contributed by atoms with Crippen LogP contribution in [-0.2, 0) is 0 Å². The average molecular weight is 237 g/mol. The van der Waals surface area contributed by atoms with Gasteiger partial charge in [-0.1, -0.05) is 0 Å². The van der Waals surface area contributed by atoms with Crippen LogP contribution in [0.5, 0.6) is 0 Å². The SMILES string of the molecule is CC(O)C1CCN(c2ccc(C(=O)O)nn2)C1. The third-order valence-electron chi connectivity index (χ3n) is 3.10. The third kappa shape index (κ3) is 2.52. The van der Waals surface area contributed by atoms with Crippen LogP contribution in [0, 0.1) is 5.92 Å². The van der Waals surface area contributed by atoms with Crippen molar-refractivity contribution in [3.05, 3.63) is 17.8 Å². The van der Waals surface area contributed by atoms with Crippen LogP contribution < -0.4 is 4.90 Å². The van der Waals surface area contributed by atoms with E-state index in [0.717, 1.165) is 19.5 Å². The number of carbonyl (C=O) groups is 1. The maximum atomic E-state index is 10.6. The van der Waals surface area contributed by atoms with Crippen LogP contribution in [0.15, 0.2) is 12.1 Å². The van der Waals surface area contributed by atoms with Gasteiger partial charge in [-0.05, 0) is 25.5 Å². The van der Waals surface area contributed by atoms with Gasteiger partial charge in [0.15, 0.2) is 11.5 Å². The second kappa shape index (κ2) is 4.67. The molecule has 0 aromatic carbocycles. The van der Waals surface area contributed by atoms with E-state index in [9.17, 15) is 9.90 Å². The summed E-state index contributed by atoms with van der Waals surface area (Å²) in [6, 6.07) is 3.10. The molecule has 1 aliphatic heterocycles. The van der Waals surface area contributed by atoms with E-state index in [1.165, 1.54) is 6.07 Å². The first-order valence-electron chi connectivity index (χ1n) is 5.58. The van der Waals surface area contributed by atoms with E-state index < -0.39 is 5.97 Å². The number of aromatic carboxylic acids is 1. The van der Waals surface area contributed by atoms with Crippen molar-refractivity contribution in [1.29, 1.82) is 0 Å². The lowest BCUT2D eigenvalue weighted by Gasteiger charge is -2.17. The molecule has 2 unspecified atom stereocenters. The van der Waals surface area contributed by atoms with E-state index >= 15 is 0 Å². The molecule has 0 aliphatic carbocycles. The van der Waals surface area contributed by atoms with Crippen LogP contribution in [0.4, 0.5) is 5.82 Å². The molecule has 2 rings (SSSR count). The summed E-state index contributed by atoms with van der Waals surface area (Å²) in [6.45, 7) is 3.34. The van der Waals surface area contributed by atoms with Crippen molar-refractivity contribution < 1.29 is 15.0 Å². The number of hydrogen-bond acceptors (Lipinski definition) is 5. The fourth-order valence-electron chi connectivity index (χ4n) is 2.00. The molecule has 2 N–H and O–H groups in total. The fraction of sp³-hybridized carbons (Fsp3) is 0.545. The summed E-state index contributed by atoms with van der Waals surface area (Å²) in [5.74, 6) is -0.165. The molecule has 2 atom stereocenters. The first-order chi connectivity index (χ1) is 8.08. The van der Waals surface area contributed by atoms with Crippen LogP contribution in [0.25, 0.3) is 0 Å². The molecule has 1 aliphatic rings. The second-order valence-corrected chi connectivity index (χ2v) is 4.32. The highest BCUT2D eigenvalue weighted by atomic mass is 16.4. The molecule has 6 heteroatoms. The molecule has 0 spiro atoms. The van der Waals surface area contributed by atoms with Gasteiger partial charge >= 0.3 is 5.97 Å². The van der Waals surface area contributed by atoms with Crippen molar-refractivity contribution in [2.75, 3.05) is 18.0 Å². The monoisotopic (exact) mass is 237 g/mol. The van der Waals surface area contributed by atoms with Crippen molar-refractivity contribution in [2.45, 2.75) is 19.4 Å². The number of anilines is 1. The van der Waals surface area contributed by atoms with Crippen LogP contribution in [0.3, 0.4) is 0 Å². The van der Waals surface area contributed by atoms with Gasteiger partial charge in [0.2, 0.25) is 0 Å². The molecule has 0 bridgehead atoms.